The van der Waals surface area contributed by atoms with Crippen LogP contribution in [0, 0.1) is 41.5 Å². The monoisotopic (exact) mass is 1010 g/mol. The fourth-order valence-corrected chi connectivity index (χ4v) is 14.6. The first-order valence-corrected chi connectivity index (χ1v) is 26.3. The molecular formula is C51H66Cl3N9S3. The number of aromatic nitrogens is 6. The largest absolute Gasteiger partial charge is 0.369 e. The molecule has 3 aromatic heterocycles. The Hall–Kier alpha value is -3.39. The number of nitrogens with zero attached hydrogens (tertiary/aromatic N) is 6. The number of benzene rings is 3. The second kappa shape index (κ2) is 19.5. The Balaban J connectivity index is 0.000000147. The van der Waals surface area contributed by atoms with Gasteiger partial charge in [-0.15, -0.1) is 35.3 Å². The quantitative estimate of drug-likeness (QED) is 0.160. The first-order valence-electron chi connectivity index (χ1n) is 22.5. The average molecular weight is 1010 g/mol. The lowest BCUT2D eigenvalue weighted by molar-refractivity contribution is 0.721. The predicted molar refractivity (Wildman–Crippen MR) is 288 cm³/mol. The van der Waals surface area contributed by atoms with Crippen molar-refractivity contribution < 1.29 is 0 Å². The highest BCUT2D eigenvalue weighted by Crippen LogP contribution is 2.52. The first-order chi connectivity index (χ1) is 30.8. The lowest BCUT2D eigenvalue weighted by Crippen LogP contribution is -2.26. The molecule has 0 radical (unpaired) electrons. The Morgan fingerprint density at radius 3 is 0.924 bits per heavy atom. The van der Waals surface area contributed by atoms with E-state index < -0.39 is 0 Å². The third-order valence-electron chi connectivity index (χ3n) is 12.5. The van der Waals surface area contributed by atoms with E-state index in [2.05, 4.69) is 133 Å². The van der Waals surface area contributed by atoms with Crippen molar-refractivity contribution in [1.82, 2.24) is 29.3 Å². The van der Waals surface area contributed by atoms with Gasteiger partial charge in [-0.2, -0.15) is 15.3 Å². The Bertz CT molecular complexity index is 2460. The van der Waals surface area contributed by atoms with Gasteiger partial charge in [0.25, 0.3) is 0 Å². The van der Waals surface area contributed by atoms with Gasteiger partial charge in [-0.25, -0.2) is 0 Å². The number of aryl methyl sites for hydroxylation is 9. The van der Waals surface area contributed by atoms with Gasteiger partial charge in [0.05, 0.1) is 32.8 Å². The maximum Gasteiger partial charge on any atom is 0.128 e. The maximum absolute atomic E-state index is 6.14. The van der Waals surface area contributed by atoms with Crippen LogP contribution in [0.25, 0.3) is 0 Å². The Morgan fingerprint density at radius 1 is 0.455 bits per heavy atom. The van der Waals surface area contributed by atoms with Crippen molar-refractivity contribution in [2.45, 2.75) is 113 Å². The van der Waals surface area contributed by atoms with Crippen molar-refractivity contribution in [2.24, 2.45) is 21.1 Å². The molecule has 1 unspecified atom stereocenters. The standard InChI is InChI=1S/3C17H22ClN3S/c3*1-10-8-12(18)6-7-13(10)15-14-11(2)20-21(5)16(14)19-9-17(3,4)22-15/h3*6-8,15,19H,9H2,1-5H3/t2*15-;/m10./s1. The lowest BCUT2D eigenvalue weighted by atomic mass is 10.00. The van der Waals surface area contributed by atoms with Gasteiger partial charge in [0.15, 0.2) is 0 Å². The lowest BCUT2D eigenvalue weighted by Gasteiger charge is -2.27. The Morgan fingerprint density at radius 2 is 0.697 bits per heavy atom. The topological polar surface area (TPSA) is 89.6 Å². The summed E-state index contributed by atoms with van der Waals surface area (Å²) in [5, 5.41) is 27.8. The molecule has 9 nitrogen and oxygen atoms in total. The van der Waals surface area contributed by atoms with Crippen molar-refractivity contribution in [3.63, 3.8) is 0 Å². The van der Waals surface area contributed by atoms with Gasteiger partial charge in [-0.1, -0.05) is 53.0 Å². The summed E-state index contributed by atoms with van der Waals surface area (Å²) in [5.74, 6) is 3.40. The van der Waals surface area contributed by atoms with E-state index in [4.69, 9.17) is 34.8 Å². The minimum absolute atomic E-state index is 0.141. The molecule has 3 atom stereocenters. The number of halogens is 3. The average Bonchev–Trinajstić information content (AvgIpc) is 3.62. The van der Waals surface area contributed by atoms with Gasteiger partial charge in [-0.05, 0) is 153 Å². The number of rotatable bonds is 3. The van der Waals surface area contributed by atoms with Crippen molar-refractivity contribution in [3.05, 3.63) is 137 Å². The van der Waals surface area contributed by atoms with Crippen LogP contribution in [0.1, 0.15) is 124 Å². The van der Waals surface area contributed by atoms with Crippen LogP contribution < -0.4 is 16.0 Å². The highest BCUT2D eigenvalue weighted by molar-refractivity contribution is 8.01. The van der Waals surface area contributed by atoms with E-state index in [-0.39, 0.29) is 30.0 Å². The van der Waals surface area contributed by atoms with E-state index in [0.717, 1.165) is 69.2 Å². The van der Waals surface area contributed by atoms with Crippen LogP contribution in [-0.2, 0) is 21.1 Å². The van der Waals surface area contributed by atoms with Crippen molar-refractivity contribution in [2.75, 3.05) is 35.6 Å². The van der Waals surface area contributed by atoms with E-state index in [1.165, 1.54) is 50.1 Å². The molecule has 3 aliphatic heterocycles. The van der Waals surface area contributed by atoms with Gasteiger partial charge in [0, 0.05) is 86.8 Å². The van der Waals surface area contributed by atoms with Crippen LogP contribution in [0.15, 0.2) is 54.6 Å². The van der Waals surface area contributed by atoms with E-state index in [0.29, 0.717) is 0 Å². The molecule has 3 N–H and O–H groups in total. The molecule has 15 heteroatoms. The molecule has 6 aromatic rings. The van der Waals surface area contributed by atoms with E-state index in [1.807, 2.05) is 107 Å². The summed E-state index contributed by atoms with van der Waals surface area (Å²) >= 11 is 24.4. The summed E-state index contributed by atoms with van der Waals surface area (Å²) in [7, 11) is 6.02. The molecule has 0 aliphatic carbocycles. The molecule has 66 heavy (non-hydrogen) atoms. The number of hydrogen-bond acceptors (Lipinski definition) is 9. The summed E-state index contributed by atoms with van der Waals surface area (Å²) < 4.78 is 6.31. The number of thioether (sulfide) groups is 3. The zero-order chi connectivity index (χ0) is 48.2. The highest BCUT2D eigenvalue weighted by Gasteiger charge is 2.38. The molecule has 0 fully saturated rings. The molecule has 354 valence electrons. The van der Waals surface area contributed by atoms with E-state index >= 15 is 0 Å². The second-order valence-corrected chi connectivity index (χ2v) is 26.5. The van der Waals surface area contributed by atoms with Crippen molar-refractivity contribution in [1.29, 1.82) is 0 Å². The molecule has 0 saturated heterocycles. The summed E-state index contributed by atoms with van der Waals surface area (Å²) in [6, 6.07) is 18.6. The smallest absolute Gasteiger partial charge is 0.128 e. The van der Waals surface area contributed by atoms with Crippen LogP contribution in [-0.4, -0.2) is 63.2 Å². The Labute approximate surface area is 420 Å². The second-order valence-electron chi connectivity index (χ2n) is 19.8. The van der Waals surface area contributed by atoms with Gasteiger partial charge in [0.1, 0.15) is 17.5 Å². The van der Waals surface area contributed by atoms with Crippen LogP contribution in [0.3, 0.4) is 0 Å². The molecule has 3 aliphatic rings. The zero-order valence-corrected chi connectivity index (χ0v) is 45.8. The van der Waals surface area contributed by atoms with Crippen LogP contribution in [0.4, 0.5) is 17.5 Å². The summed E-state index contributed by atoms with van der Waals surface area (Å²) in [6.45, 7) is 29.2. The SMILES string of the molecule is Cc1cc(Cl)ccc1C1SC(C)(C)CNc2c1c(C)nn2C.Cc1cc(Cl)ccc1[C@@H]1SC(C)(C)CNc2c1c(C)nn2C.Cc1cc(Cl)ccc1[C@H]1SC(C)(C)CNc2c1c(C)nn2C. The van der Waals surface area contributed by atoms with Crippen molar-refractivity contribution in [3.8, 4) is 0 Å². The summed E-state index contributed by atoms with van der Waals surface area (Å²) in [6.07, 6.45) is 0. The molecule has 3 aromatic carbocycles. The number of anilines is 3. The normalized spacial score (nSPS) is 20.2. The highest BCUT2D eigenvalue weighted by atomic mass is 35.5. The molecule has 9 rings (SSSR count). The summed E-state index contributed by atoms with van der Waals surface area (Å²) in [5.41, 5.74) is 14.8. The molecular weight excluding hydrogens is 941 g/mol. The molecule has 0 spiro atoms. The number of fused-ring (bicyclic) bond motifs is 3. The molecule has 6 heterocycles. The summed E-state index contributed by atoms with van der Waals surface area (Å²) in [4.78, 5) is 0. The zero-order valence-electron chi connectivity index (χ0n) is 41.1. The number of nitrogens with one attached hydrogen (secondary N) is 3. The Kier molecular flexibility index (Phi) is 15.0. The molecule has 0 bridgehead atoms. The minimum atomic E-state index is 0.141. The third kappa shape index (κ3) is 10.9. The van der Waals surface area contributed by atoms with Crippen molar-refractivity contribution >= 4 is 87.5 Å². The fraction of sp³-hybridized carbons (Fsp3) is 0.471. The fourth-order valence-electron chi connectivity index (χ4n) is 9.20. The van der Waals surface area contributed by atoms with E-state index in [1.54, 1.807) is 0 Å². The van der Waals surface area contributed by atoms with Gasteiger partial charge in [-0.3, -0.25) is 14.0 Å². The maximum atomic E-state index is 6.14. The minimum Gasteiger partial charge on any atom is -0.369 e. The van der Waals surface area contributed by atoms with Crippen LogP contribution in [0.2, 0.25) is 15.1 Å². The van der Waals surface area contributed by atoms with Crippen LogP contribution in [0.5, 0.6) is 0 Å². The molecule has 0 amide bonds. The first kappa shape index (κ1) is 50.5. The molecule has 0 saturated carbocycles. The van der Waals surface area contributed by atoms with E-state index in [9.17, 15) is 0 Å². The van der Waals surface area contributed by atoms with Gasteiger partial charge >= 0.3 is 0 Å². The van der Waals surface area contributed by atoms with Crippen LogP contribution >= 0.6 is 70.1 Å². The third-order valence-corrected chi connectivity index (χ3v) is 17.7. The predicted octanol–water partition coefficient (Wildman–Crippen LogP) is 14.2. The van der Waals surface area contributed by atoms with Gasteiger partial charge in [0.2, 0.25) is 0 Å². The number of hydrogen-bond donors (Lipinski definition) is 3. The van der Waals surface area contributed by atoms with Gasteiger partial charge < -0.3 is 16.0 Å².